The van der Waals surface area contributed by atoms with Gasteiger partial charge in [0.25, 0.3) is 0 Å². The van der Waals surface area contributed by atoms with Gasteiger partial charge in [0, 0.05) is 13.6 Å². The van der Waals surface area contributed by atoms with Crippen LogP contribution in [0.2, 0.25) is 0 Å². The number of amides is 1. The summed E-state index contributed by atoms with van der Waals surface area (Å²) in [4.78, 5) is 17.2. The largest absolute Gasteiger partial charge is 0.337 e. The maximum Gasteiger partial charge on any atom is 0.227 e. The van der Waals surface area contributed by atoms with Gasteiger partial charge >= 0.3 is 0 Å². The number of likely N-dealkylation sites (N-methyl/N-ethyl adjacent to an activating group) is 1. The topological polar surface area (TPSA) is 23.6 Å². The van der Waals surface area contributed by atoms with E-state index in [9.17, 15) is 4.79 Å². The average molecular weight is 375 g/mol. The standard InChI is InChI=1S/C21H26N2O.CH4.ClH/c1-22(21(24)16-18-10-4-2-5-11-18)20(17-23-14-8-9-15-23)19-12-6-3-7-13-19;;/h2-7,10-13,20H,8-9,14-17H2,1H3;1H4;1H/t20-;;/m1../s1. The highest BCUT2D eigenvalue weighted by Crippen LogP contribution is 2.23. The van der Waals surface area contributed by atoms with Crippen LogP contribution in [0.1, 0.15) is 37.4 Å². The summed E-state index contributed by atoms with van der Waals surface area (Å²) in [6.45, 7) is 3.20. The van der Waals surface area contributed by atoms with Crippen molar-refractivity contribution in [3.8, 4) is 0 Å². The fourth-order valence-corrected chi connectivity index (χ4v) is 3.41. The van der Waals surface area contributed by atoms with Crippen LogP contribution in [-0.4, -0.2) is 42.4 Å². The lowest BCUT2D eigenvalue weighted by atomic mass is 10.0. The van der Waals surface area contributed by atoms with E-state index in [1.165, 1.54) is 18.4 Å². The van der Waals surface area contributed by atoms with Gasteiger partial charge in [-0.1, -0.05) is 68.1 Å². The summed E-state index contributed by atoms with van der Waals surface area (Å²) in [6.07, 6.45) is 2.99. The Labute approximate surface area is 164 Å². The zero-order valence-corrected chi connectivity index (χ0v) is 15.6. The second-order valence-electron chi connectivity index (χ2n) is 6.60. The van der Waals surface area contributed by atoms with E-state index in [4.69, 9.17) is 0 Å². The van der Waals surface area contributed by atoms with Crippen molar-refractivity contribution in [2.24, 2.45) is 0 Å². The molecule has 2 aromatic carbocycles. The van der Waals surface area contributed by atoms with Gasteiger partial charge in [0.15, 0.2) is 0 Å². The molecule has 26 heavy (non-hydrogen) atoms. The molecule has 0 spiro atoms. The summed E-state index contributed by atoms with van der Waals surface area (Å²) < 4.78 is 0. The first-order valence-corrected chi connectivity index (χ1v) is 8.81. The van der Waals surface area contributed by atoms with Crippen LogP contribution < -0.4 is 0 Å². The SMILES string of the molecule is C.CN(C(=O)Cc1ccccc1)[C@H](CN1CCCC1)c1ccccc1.Cl. The predicted octanol–water partition coefficient (Wildman–Crippen LogP) is 4.58. The number of carbonyl (C=O) groups excluding carboxylic acids is 1. The molecular formula is C22H31ClN2O. The van der Waals surface area contributed by atoms with Gasteiger partial charge in [0.05, 0.1) is 12.5 Å². The van der Waals surface area contributed by atoms with Crippen LogP contribution in [0.25, 0.3) is 0 Å². The molecule has 0 aromatic heterocycles. The predicted molar refractivity (Wildman–Crippen MR) is 112 cm³/mol. The molecule has 4 heteroatoms. The maximum absolute atomic E-state index is 12.8. The van der Waals surface area contributed by atoms with Crippen LogP contribution >= 0.6 is 12.4 Å². The number of hydrogen-bond acceptors (Lipinski definition) is 2. The van der Waals surface area contributed by atoms with Crippen molar-refractivity contribution >= 4 is 18.3 Å². The number of likely N-dealkylation sites (tertiary alicyclic amines) is 1. The molecule has 3 nitrogen and oxygen atoms in total. The summed E-state index contributed by atoms with van der Waals surface area (Å²) >= 11 is 0. The Morgan fingerprint density at radius 3 is 2.12 bits per heavy atom. The van der Waals surface area contributed by atoms with E-state index in [1.54, 1.807) is 0 Å². The molecule has 0 N–H and O–H groups in total. The molecule has 1 fully saturated rings. The summed E-state index contributed by atoms with van der Waals surface area (Å²) in [7, 11) is 1.94. The number of halogens is 1. The van der Waals surface area contributed by atoms with E-state index in [1.807, 2.05) is 48.3 Å². The van der Waals surface area contributed by atoms with E-state index >= 15 is 0 Å². The Morgan fingerprint density at radius 1 is 1.00 bits per heavy atom. The Kier molecular flexibility index (Phi) is 9.39. The first kappa shape index (κ1) is 22.2. The van der Waals surface area contributed by atoms with Crippen molar-refractivity contribution in [2.75, 3.05) is 26.7 Å². The second kappa shape index (κ2) is 11.0. The summed E-state index contributed by atoms with van der Waals surface area (Å²) in [5.41, 5.74) is 2.29. The number of rotatable bonds is 6. The minimum atomic E-state index is 0. The van der Waals surface area contributed by atoms with Gasteiger partial charge in [-0.15, -0.1) is 12.4 Å². The van der Waals surface area contributed by atoms with Crippen molar-refractivity contribution in [3.05, 3.63) is 71.8 Å². The van der Waals surface area contributed by atoms with Gasteiger partial charge in [-0.25, -0.2) is 0 Å². The van der Waals surface area contributed by atoms with Crippen molar-refractivity contribution < 1.29 is 4.79 Å². The molecule has 1 saturated heterocycles. The van der Waals surface area contributed by atoms with Gasteiger partial charge in [-0.2, -0.15) is 0 Å². The van der Waals surface area contributed by atoms with Gasteiger partial charge in [0.2, 0.25) is 5.91 Å². The molecule has 0 saturated carbocycles. The quantitative estimate of drug-likeness (QED) is 0.738. The van der Waals surface area contributed by atoms with Crippen molar-refractivity contribution in [2.45, 2.75) is 32.7 Å². The van der Waals surface area contributed by atoms with Crippen LogP contribution in [0.5, 0.6) is 0 Å². The zero-order valence-electron chi connectivity index (χ0n) is 14.8. The molecule has 0 unspecified atom stereocenters. The van der Waals surface area contributed by atoms with Crippen LogP contribution in [0, 0.1) is 0 Å². The van der Waals surface area contributed by atoms with Crippen LogP contribution in [0.4, 0.5) is 0 Å². The fourth-order valence-electron chi connectivity index (χ4n) is 3.41. The molecule has 1 aliphatic rings. The average Bonchev–Trinajstić information content (AvgIpc) is 3.14. The lowest BCUT2D eigenvalue weighted by molar-refractivity contribution is -0.131. The molecular weight excluding hydrogens is 344 g/mol. The monoisotopic (exact) mass is 374 g/mol. The Balaban J connectivity index is 0.00000169. The lowest BCUT2D eigenvalue weighted by Crippen LogP contribution is -2.39. The van der Waals surface area contributed by atoms with Gasteiger partial charge in [-0.05, 0) is 37.1 Å². The maximum atomic E-state index is 12.8. The number of carbonyl (C=O) groups is 1. The highest BCUT2D eigenvalue weighted by Gasteiger charge is 2.25. The summed E-state index contributed by atoms with van der Waals surface area (Å²) in [6, 6.07) is 20.5. The first-order valence-electron chi connectivity index (χ1n) is 8.81. The van der Waals surface area contributed by atoms with E-state index in [0.29, 0.717) is 6.42 Å². The smallest absolute Gasteiger partial charge is 0.227 e. The molecule has 0 aliphatic carbocycles. The minimum absolute atomic E-state index is 0. The number of nitrogens with zero attached hydrogens (tertiary/aromatic N) is 2. The molecule has 2 aromatic rings. The third-order valence-electron chi connectivity index (χ3n) is 4.87. The van der Waals surface area contributed by atoms with Crippen LogP contribution in [0.15, 0.2) is 60.7 Å². The Morgan fingerprint density at radius 2 is 1.54 bits per heavy atom. The Hall–Kier alpha value is -1.84. The normalized spacial score (nSPS) is 14.8. The minimum Gasteiger partial charge on any atom is -0.337 e. The van der Waals surface area contributed by atoms with E-state index < -0.39 is 0 Å². The molecule has 1 aliphatic heterocycles. The first-order chi connectivity index (χ1) is 11.7. The van der Waals surface area contributed by atoms with Crippen LogP contribution in [-0.2, 0) is 11.2 Å². The molecule has 1 amide bonds. The molecule has 1 atom stereocenters. The molecule has 3 rings (SSSR count). The molecule has 142 valence electrons. The summed E-state index contributed by atoms with van der Waals surface area (Å²) in [5, 5.41) is 0. The highest BCUT2D eigenvalue weighted by molar-refractivity contribution is 5.85. The van der Waals surface area contributed by atoms with Crippen molar-refractivity contribution in [1.82, 2.24) is 9.80 Å². The van der Waals surface area contributed by atoms with Gasteiger partial charge in [-0.3, -0.25) is 4.79 Å². The fraction of sp³-hybridized carbons (Fsp3) is 0.409. The van der Waals surface area contributed by atoms with Crippen molar-refractivity contribution in [3.63, 3.8) is 0 Å². The van der Waals surface area contributed by atoms with Crippen molar-refractivity contribution in [1.29, 1.82) is 0 Å². The van der Waals surface area contributed by atoms with E-state index in [-0.39, 0.29) is 31.8 Å². The van der Waals surface area contributed by atoms with Crippen LogP contribution in [0.3, 0.4) is 0 Å². The molecule has 1 heterocycles. The lowest BCUT2D eigenvalue weighted by Gasteiger charge is -2.32. The van der Waals surface area contributed by atoms with Gasteiger partial charge < -0.3 is 9.80 Å². The zero-order chi connectivity index (χ0) is 16.8. The number of hydrogen-bond donors (Lipinski definition) is 0. The van der Waals surface area contributed by atoms with E-state index in [0.717, 1.165) is 25.2 Å². The second-order valence-corrected chi connectivity index (χ2v) is 6.60. The molecule has 0 bridgehead atoms. The molecule has 0 radical (unpaired) electrons. The number of benzene rings is 2. The van der Waals surface area contributed by atoms with E-state index in [2.05, 4.69) is 29.2 Å². The highest BCUT2D eigenvalue weighted by atomic mass is 35.5. The summed E-state index contributed by atoms with van der Waals surface area (Å²) in [5.74, 6) is 0.175. The third-order valence-corrected chi connectivity index (χ3v) is 4.87. The van der Waals surface area contributed by atoms with Gasteiger partial charge in [0.1, 0.15) is 0 Å². The Bertz CT molecular complexity index is 642. The third kappa shape index (κ3) is 5.86.